The monoisotopic (exact) mass is 278 g/mol. The van der Waals surface area contributed by atoms with Crippen LogP contribution in [0.3, 0.4) is 0 Å². The SMILES string of the molecule is COc1ccc(C(=O)N2CCCC(C(N)=S)C2)cc1. The number of benzene rings is 1. The second-order valence-electron chi connectivity index (χ2n) is 4.72. The summed E-state index contributed by atoms with van der Waals surface area (Å²) < 4.78 is 5.08. The third-order valence-corrected chi connectivity index (χ3v) is 3.78. The van der Waals surface area contributed by atoms with E-state index in [-0.39, 0.29) is 11.8 Å². The first kappa shape index (κ1) is 13.8. The van der Waals surface area contributed by atoms with Gasteiger partial charge in [0, 0.05) is 24.6 Å². The van der Waals surface area contributed by atoms with Crippen LogP contribution in [0.5, 0.6) is 5.75 Å². The Hall–Kier alpha value is -1.62. The van der Waals surface area contributed by atoms with Gasteiger partial charge < -0.3 is 15.4 Å². The number of carbonyl (C=O) groups excluding carboxylic acids is 1. The quantitative estimate of drug-likeness (QED) is 0.857. The summed E-state index contributed by atoms with van der Waals surface area (Å²) in [5.41, 5.74) is 6.35. The number of rotatable bonds is 3. The predicted molar refractivity (Wildman–Crippen MR) is 78.4 cm³/mol. The predicted octanol–water partition coefficient (Wildman–Crippen LogP) is 1.83. The molecule has 0 saturated carbocycles. The van der Waals surface area contributed by atoms with Crippen molar-refractivity contribution in [2.24, 2.45) is 11.7 Å². The number of likely N-dealkylation sites (tertiary alicyclic amines) is 1. The molecule has 1 saturated heterocycles. The molecule has 1 aromatic carbocycles. The molecular weight excluding hydrogens is 260 g/mol. The first-order valence-electron chi connectivity index (χ1n) is 6.34. The molecule has 19 heavy (non-hydrogen) atoms. The van der Waals surface area contributed by atoms with Gasteiger partial charge >= 0.3 is 0 Å². The molecule has 0 radical (unpaired) electrons. The molecule has 2 rings (SSSR count). The molecule has 1 aliphatic rings. The molecule has 1 amide bonds. The van der Waals surface area contributed by atoms with Gasteiger partial charge in [-0.15, -0.1) is 0 Å². The van der Waals surface area contributed by atoms with Crippen LogP contribution >= 0.6 is 12.2 Å². The van der Waals surface area contributed by atoms with Crippen LogP contribution in [0.2, 0.25) is 0 Å². The number of amides is 1. The minimum atomic E-state index is 0.0311. The van der Waals surface area contributed by atoms with Crippen LogP contribution in [0.15, 0.2) is 24.3 Å². The number of methoxy groups -OCH3 is 1. The number of nitrogens with zero attached hydrogens (tertiary/aromatic N) is 1. The summed E-state index contributed by atoms with van der Waals surface area (Å²) in [4.78, 5) is 14.7. The molecule has 1 aliphatic heterocycles. The average molecular weight is 278 g/mol. The maximum Gasteiger partial charge on any atom is 0.253 e. The highest BCUT2D eigenvalue weighted by atomic mass is 32.1. The lowest BCUT2D eigenvalue weighted by Gasteiger charge is -2.32. The Labute approximate surface area is 118 Å². The van der Waals surface area contributed by atoms with E-state index < -0.39 is 0 Å². The van der Waals surface area contributed by atoms with E-state index in [1.54, 1.807) is 31.4 Å². The van der Waals surface area contributed by atoms with E-state index in [2.05, 4.69) is 0 Å². The second kappa shape index (κ2) is 6.02. The average Bonchev–Trinajstić information content (AvgIpc) is 2.46. The fraction of sp³-hybridized carbons (Fsp3) is 0.429. The van der Waals surface area contributed by atoms with Gasteiger partial charge in [0.1, 0.15) is 5.75 Å². The molecule has 0 aliphatic carbocycles. The molecule has 1 aromatic rings. The number of hydrogen-bond donors (Lipinski definition) is 1. The lowest BCUT2D eigenvalue weighted by atomic mass is 9.97. The van der Waals surface area contributed by atoms with Gasteiger partial charge in [-0.2, -0.15) is 0 Å². The van der Waals surface area contributed by atoms with Crippen molar-refractivity contribution in [1.82, 2.24) is 4.90 Å². The molecule has 102 valence electrons. The van der Waals surface area contributed by atoms with Gasteiger partial charge in [0.2, 0.25) is 0 Å². The van der Waals surface area contributed by atoms with E-state index >= 15 is 0 Å². The fourth-order valence-electron chi connectivity index (χ4n) is 2.31. The topological polar surface area (TPSA) is 55.6 Å². The van der Waals surface area contributed by atoms with Crippen molar-refractivity contribution in [2.75, 3.05) is 20.2 Å². The van der Waals surface area contributed by atoms with E-state index in [9.17, 15) is 4.79 Å². The van der Waals surface area contributed by atoms with Gasteiger partial charge in [0.15, 0.2) is 0 Å². The first-order valence-corrected chi connectivity index (χ1v) is 6.75. The van der Waals surface area contributed by atoms with Gasteiger partial charge in [0.05, 0.1) is 12.1 Å². The van der Waals surface area contributed by atoms with Crippen molar-refractivity contribution >= 4 is 23.1 Å². The standard InChI is InChI=1S/C14H18N2O2S/c1-18-12-6-4-10(5-7-12)14(17)16-8-2-3-11(9-16)13(15)19/h4-7,11H,2-3,8-9H2,1H3,(H2,15,19). The van der Waals surface area contributed by atoms with Crippen molar-refractivity contribution in [1.29, 1.82) is 0 Å². The molecule has 5 heteroatoms. The van der Waals surface area contributed by atoms with Crippen molar-refractivity contribution < 1.29 is 9.53 Å². The number of ether oxygens (including phenoxy) is 1. The summed E-state index contributed by atoms with van der Waals surface area (Å²) >= 11 is 5.03. The Morgan fingerprint density at radius 1 is 1.42 bits per heavy atom. The Bertz CT molecular complexity index is 473. The van der Waals surface area contributed by atoms with Crippen LogP contribution in [-0.4, -0.2) is 36.0 Å². The zero-order chi connectivity index (χ0) is 13.8. The minimum Gasteiger partial charge on any atom is -0.497 e. The zero-order valence-corrected chi connectivity index (χ0v) is 11.8. The summed E-state index contributed by atoms with van der Waals surface area (Å²) in [5, 5.41) is 0. The van der Waals surface area contributed by atoms with Crippen LogP contribution in [-0.2, 0) is 0 Å². The largest absolute Gasteiger partial charge is 0.497 e. The summed E-state index contributed by atoms with van der Waals surface area (Å²) in [6.07, 6.45) is 1.92. The van der Waals surface area contributed by atoms with E-state index in [0.29, 0.717) is 17.1 Å². The lowest BCUT2D eigenvalue weighted by molar-refractivity contribution is 0.0703. The van der Waals surface area contributed by atoms with Gasteiger partial charge in [0.25, 0.3) is 5.91 Å². The minimum absolute atomic E-state index is 0.0311. The lowest BCUT2D eigenvalue weighted by Crippen LogP contribution is -2.43. The Balaban J connectivity index is 2.07. The Morgan fingerprint density at radius 3 is 2.68 bits per heavy atom. The number of thiocarbonyl (C=S) groups is 1. The van der Waals surface area contributed by atoms with E-state index in [1.807, 2.05) is 4.90 Å². The van der Waals surface area contributed by atoms with Crippen LogP contribution in [0.25, 0.3) is 0 Å². The van der Waals surface area contributed by atoms with E-state index in [4.69, 9.17) is 22.7 Å². The maximum absolute atomic E-state index is 12.4. The van der Waals surface area contributed by atoms with E-state index in [0.717, 1.165) is 25.1 Å². The molecular formula is C14H18N2O2S. The van der Waals surface area contributed by atoms with Crippen LogP contribution in [0.1, 0.15) is 23.2 Å². The highest BCUT2D eigenvalue weighted by molar-refractivity contribution is 7.80. The summed E-state index contributed by atoms with van der Waals surface area (Å²) in [7, 11) is 1.61. The third-order valence-electron chi connectivity index (χ3n) is 3.45. The number of nitrogens with two attached hydrogens (primary N) is 1. The smallest absolute Gasteiger partial charge is 0.253 e. The first-order chi connectivity index (χ1) is 9.11. The third kappa shape index (κ3) is 3.23. The molecule has 1 atom stereocenters. The second-order valence-corrected chi connectivity index (χ2v) is 5.19. The number of hydrogen-bond acceptors (Lipinski definition) is 3. The number of piperidine rings is 1. The van der Waals surface area contributed by atoms with E-state index in [1.165, 1.54) is 0 Å². The van der Waals surface area contributed by atoms with Crippen LogP contribution in [0.4, 0.5) is 0 Å². The van der Waals surface area contributed by atoms with Gasteiger partial charge in [-0.05, 0) is 37.1 Å². The van der Waals surface area contributed by atoms with Crippen LogP contribution < -0.4 is 10.5 Å². The highest BCUT2D eigenvalue weighted by Gasteiger charge is 2.25. The van der Waals surface area contributed by atoms with Crippen molar-refractivity contribution in [3.63, 3.8) is 0 Å². The normalized spacial score (nSPS) is 19.0. The summed E-state index contributed by atoms with van der Waals surface area (Å²) in [6.45, 7) is 1.39. The zero-order valence-electron chi connectivity index (χ0n) is 11.0. The van der Waals surface area contributed by atoms with Gasteiger partial charge in [-0.1, -0.05) is 12.2 Å². The van der Waals surface area contributed by atoms with Gasteiger partial charge in [-0.3, -0.25) is 4.79 Å². The fourth-order valence-corrected chi connectivity index (χ4v) is 2.50. The highest BCUT2D eigenvalue weighted by Crippen LogP contribution is 2.20. The summed E-state index contributed by atoms with van der Waals surface area (Å²) in [6, 6.07) is 7.15. The Morgan fingerprint density at radius 2 is 2.11 bits per heavy atom. The number of carbonyl (C=O) groups is 1. The van der Waals surface area contributed by atoms with Crippen molar-refractivity contribution in [3.05, 3.63) is 29.8 Å². The molecule has 0 spiro atoms. The summed E-state index contributed by atoms with van der Waals surface area (Å²) in [5.74, 6) is 0.922. The molecule has 0 aromatic heterocycles. The molecule has 1 heterocycles. The van der Waals surface area contributed by atoms with Crippen molar-refractivity contribution in [2.45, 2.75) is 12.8 Å². The van der Waals surface area contributed by atoms with Crippen LogP contribution in [0, 0.1) is 5.92 Å². The molecule has 1 fully saturated rings. The maximum atomic E-state index is 12.4. The molecule has 2 N–H and O–H groups in total. The molecule has 4 nitrogen and oxygen atoms in total. The van der Waals surface area contributed by atoms with Crippen molar-refractivity contribution in [3.8, 4) is 5.75 Å². The Kier molecular flexibility index (Phi) is 4.37. The van der Waals surface area contributed by atoms with Gasteiger partial charge in [-0.25, -0.2) is 0 Å². The molecule has 1 unspecified atom stereocenters. The molecule has 0 bridgehead atoms.